The molecule has 0 atom stereocenters. The highest BCUT2D eigenvalue weighted by Gasteiger charge is 2.20. The van der Waals surface area contributed by atoms with Gasteiger partial charge in [0, 0.05) is 30.3 Å². The number of nitrogens with one attached hydrogen (secondary N) is 1. The number of nitro groups is 1. The van der Waals surface area contributed by atoms with Crippen molar-refractivity contribution in [2.75, 3.05) is 0 Å². The molecule has 0 heterocycles. The lowest BCUT2D eigenvalue weighted by atomic mass is 10.1. The Labute approximate surface area is 103 Å². The summed E-state index contributed by atoms with van der Waals surface area (Å²) < 4.78 is 26.6. The van der Waals surface area contributed by atoms with Crippen LogP contribution in [0.2, 0.25) is 0 Å². The number of rotatable bonds is 4. The molecule has 98 valence electrons. The molecule has 6 heteroatoms. The molecule has 1 fully saturated rings. The minimum absolute atomic E-state index is 0.134. The van der Waals surface area contributed by atoms with E-state index in [0.29, 0.717) is 12.1 Å². The molecule has 0 spiro atoms. The maximum absolute atomic E-state index is 13.5. The first kappa shape index (κ1) is 12.9. The fourth-order valence-electron chi connectivity index (χ4n) is 2.24. The van der Waals surface area contributed by atoms with Crippen LogP contribution in [0.5, 0.6) is 0 Å². The molecular weight excluding hydrogens is 242 g/mol. The molecule has 0 radical (unpaired) electrons. The summed E-state index contributed by atoms with van der Waals surface area (Å²) in [6.07, 6.45) is 4.35. The third-order valence-corrected chi connectivity index (χ3v) is 3.25. The maximum Gasteiger partial charge on any atom is 0.305 e. The van der Waals surface area contributed by atoms with Crippen LogP contribution in [0.4, 0.5) is 14.5 Å². The van der Waals surface area contributed by atoms with Gasteiger partial charge in [0.05, 0.1) is 4.92 Å². The average Bonchev–Trinajstić information content (AvgIpc) is 2.80. The van der Waals surface area contributed by atoms with Crippen molar-refractivity contribution < 1.29 is 13.7 Å². The van der Waals surface area contributed by atoms with Crippen LogP contribution in [0.1, 0.15) is 31.2 Å². The molecule has 0 unspecified atom stereocenters. The van der Waals surface area contributed by atoms with E-state index >= 15 is 0 Å². The Bertz CT molecular complexity index is 460. The van der Waals surface area contributed by atoms with Crippen molar-refractivity contribution in [2.45, 2.75) is 38.3 Å². The van der Waals surface area contributed by atoms with Crippen molar-refractivity contribution in [3.63, 3.8) is 0 Å². The van der Waals surface area contributed by atoms with Crippen molar-refractivity contribution in [3.8, 4) is 0 Å². The number of halogens is 2. The number of hydrogen-bond acceptors (Lipinski definition) is 3. The molecule has 0 amide bonds. The Morgan fingerprint density at radius 2 is 1.94 bits per heavy atom. The highest BCUT2D eigenvalue weighted by atomic mass is 19.1. The smallest absolute Gasteiger partial charge is 0.305 e. The number of nitro benzene ring substituents is 1. The van der Waals surface area contributed by atoms with E-state index in [9.17, 15) is 18.9 Å². The standard InChI is InChI=1S/C12H14F2N2O2/c13-10-6-11(14)12(16(17)18)5-8(10)7-15-9-3-1-2-4-9/h5-6,9,15H,1-4,7H2. The molecule has 1 aromatic rings. The van der Waals surface area contributed by atoms with Gasteiger partial charge in [-0.25, -0.2) is 4.39 Å². The summed E-state index contributed by atoms with van der Waals surface area (Å²) in [4.78, 5) is 9.73. The summed E-state index contributed by atoms with van der Waals surface area (Å²) in [5, 5.41) is 13.7. The fraction of sp³-hybridized carbons (Fsp3) is 0.500. The number of hydrogen-bond donors (Lipinski definition) is 1. The van der Waals surface area contributed by atoms with E-state index in [1.165, 1.54) is 0 Å². The van der Waals surface area contributed by atoms with Crippen molar-refractivity contribution in [1.29, 1.82) is 0 Å². The summed E-state index contributed by atoms with van der Waals surface area (Å²) in [6.45, 7) is 0.192. The molecule has 1 N–H and O–H groups in total. The molecule has 1 aromatic carbocycles. The molecule has 1 aliphatic carbocycles. The first-order chi connectivity index (χ1) is 8.58. The molecule has 1 saturated carbocycles. The van der Waals surface area contributed by atoms with E-state index in [-0.39, 0.29) is 12.1 Å². The first-order valence-corrected chi connectivity index (χ1v) is 5.93. The van der Waals surface area contributed by atoms with Gasteiger partial charge in [0.25, 0.3) is 0 Å². The van der Waals surface area contributed by atoms with Crippen molar-refractivity contribution in [1.82, 2.24) is 5.32 Å². The van der Waals surface area contributed by atoms with Crippen molar-refractivity contribution >= 4 is 5.69 Å². The number of nitrogens with zero attached hydrogens (tertiary/aromatic N) is 1. The van der Waals surface area contributed by atoms with Gasteiger partial charge in [-0.3, -0.25) is 10.1 Å². The van der Waals surface area contributed by atoms with Gasteiger partial charge < -0.3 is 5.32 Å². The molecule has 1 aliphatic rings. The Kier molecular flexibility index (Phi) is 3.86. The Morgan fingerprint density at radius 1 is 1.28 bits per heavy atom. The van der Waals surface area contributed by atoms with Crippen LogP contribution in [0.15, 0.2) is 12.1 Å². The second kappa shape index (κ2) is 5.39. The zero-order chi connectivity index (χ0) is 13.1. The van der Waals surface area contributed by atoms with Crippen LogP contribution in [0, 0.1) is 21.7 Å². The molecule has 18 heavy (non-hydrogen) atoms. The van der Waals surface area contributed by atoms with Gasteiger partial charge in [0.15, 0.2) is 0 Å². The van der Waals surface area contributed by atoms with E-state index in [0.717, 1.165) is 31.7 Å². The third kappa shape index (κ3) is 2.81. The van der Waals surface area contributed by atoms with E-state index < -0.39 is 22.2 Å². The fourth-order valence-corrected chi connectivity index (χ4v) is 2.24. The van der Waals surface area contributed by atoms with Gasteiger partial charge >= 0.3 is 5.69 Å². The maximum atomic E-state index is 13.5. The van der Waals surface area contributed by atoms with E-state index in [2.05, 4.69) is 5.32 Å². The lowest BCUT2D eigenvalue weighted by Gasteiger charge is -2.12. The summed E-state index contributed by atoms with van der Waals surface area (Å²) in [5.74, 6) is -1.88. The minimum atomic E-state index is -1.14. The number of benzene rings is 1. The average molecular weight is 256 g/mol. The lowest BCUT2D eigenvalue weighted by molar-refractivity contribution is -0.387. The van der Waals surface area contributed by atoms with E-state index in [4.69, 9.17) is 0 Å². The third-order valence-electron chi connectivity index (χ3n) is 3.25. The molecule has 0 aromatic heterocycles. The van der Waals surface area contributed by atoms with Crippen LogP contribution >= 0.6 is 0 Å². The van der Waals surface area contributed by atoms with Crippen LogP contribution in [-0.2, 0) is 6.54 Å². The summed E-state index contributed by atoms with van der Waals surface area (Å²) in [5.41, 5.74) is -0.547. The predicted molar refractivity (Wildman–Crippen MR) is 62.1 cm³/mol. The largest absolute Gasteiger partial charge is 0.310 e. The van der Waals surface area contributed by atoms with Gasteiger partial charge in [0.1, 0.15) is 5.82 Å². The van der Waals surface area contributed by atoms with Gasteiger partial charge in [-0.05, 0) is 12.8 Å². The highest BCUT2D eigenvalue weighted by Crippen LogP contribution is 2.23. The Hall–Kier alpha value is -1.56. The van der Waals surface area contributed by atoms with Gasteiger partial charge in [-0.1, -0.05) is 12.8 Å². The monoisotopic (exact) mass is 256 g/mol. The van der Waals surface area contributed by atoms with Gasteiger partial charge in [-0.2, -0.15) is 4.39 Å². The van der Waals surface area contributed by atoms with Crippen LogP contribution in [-0.4, -0.2) is 11.0 Å². The van der Waals surface area contributed by atoms with Gasteiger partial charge in [0.2, 0.25) is 5.82 Å². The first-order valence-electron chi connectivity index (χ1n) is 5.93. The molecule has 2 rings (SSSR count). The second-order valence-electron chi connectivity index (χ2n) is 4.51. The molecule has 0 bridgehead atoms. The summed E-state index contributed by atoms with van der Waals surface area (Å²) in [6, 6.07) is 1.87. The van der Waals surface area contributed by atoms with Crippen LogP contribution in [0.25, 0.3) is 0 Å². The second-order valence-corrected chi connectivity index (χ2v) is 4.51. The molecular formula is C12H14F2N2O2. The molecule has 0 aliphatic heterocycles. The van der Waals surface area contributed by atoms with Crippen molar-refractivity contribution in [3.05, 3.63) is 39.4 Å². The zero-order valence-electron chi connectivity index (χ0n) is 9.79. The van der Waals surface area contributed by atoms with Crippen LogP contribution < -0.4 is 5.32 Å². The predicted octanol–water partition coefficient (Wildman–Crippen LogP) is 2.91. The van der Waals surface area contributed by atoms with E-state index in [1.54, 1.807) is 0 Å². The normalized spacial score (nSPS) is 16.1. The summed E-state index contributed by atoms with van der Waals surface area (Å²) >= 11 is 0. The minimum Gasteiger partial charge on any atom is -0.310 e. The molecule has 4 nitrogen and oxygen atoms in total. The zero-order valence-corrected chi connectivity index (χ0v) is 9.79. The van der Waals surface area contributed by atoms with Crippen LogP contribution in [0.3, 0.4) is 0 Å². The summed E-state index contributed by atoms with van der Waals surface area (Å²) in [7, 11) is 0. The topological polar surface area (TPSA) is 55.2 Å². The van der Waals surface area contributed by atoms with Crippen molar-refractivity contribution in [2.24, 2.45) is 0 Å². The molecule has 0 saturated heterocycles. The van der Waals surface area contributed by atoms with Gasteiger partial charge in [-0.15, -0.1) is 0 Å². The van der Waals surface area contributed by atoms with E-state index in [1.807, 2.05) is 0 Å². The Balaban J connectivity index is 2.11. The SMILES string of the molecule is O=[N+]([O-])c1cc(CNC2CCCC2)c(F)cc1F. The highest BCUT2D eigenvalue weighted by molar-refractivity contribution is 5.37. The Morgan fingerprint density at radius 3 is 2.56 bits per heavy atom. The quantitative estimate of drug-likeness (QED) is 0.665. The lowest BCUT2D eigenvalue weighted by Crippen LogP contribution is -2.25.